The molecule has 0 aromatic heterocycles. The molecule has 0 bridgehead atoms. The van der Waals surface area contributed by atoms with Crippen molar-refractivity contribution in [1.82, 2.24) is 10.2 Å². The molecule has 0 spiro atoms. The molecule has 8 heteroatoms. The summed E-state index contributed by atoms with van der Waals surface area (Å²) < 4.78 is 28.5. The first-order valence-corrected chi connectivity index (χ1v) is 9.00. The Morgan fingerprint density at radius 1 is 1.41 bits per heavy atom. The summed E-state index contributed by atoms with van der Waals surface area (Å²) in [5.41, 5.74) is 0.767. The molecule has 6 nitrogen and oxygen atoms in total. The van der Waals surface area contributed by atoms with Crippen LogP contribution in [0, 0.1) is 0 Å². The van der Waals surface area contributed by atoms with Gasteiger partial charge in [-0.25, -0.2) is 8.42 Å². The van der Waals surface area contributed by atoms with E-state index in [1.54, 1.807) is 25.3 Å². The van der Waals surface area contributed by atoms with Gasteiger partial charge in [0.25, 0.3) is 0 Å². The second-order valence-electron chi connectivity index (χ2n) is 4.90. The third-order valence-corrected chi connectivity index (χ3v) is 4.76. The van der Waals surface area contributed by atoms with Gasteiger partial charge in [0.2, 0.25) is 5.91 Å². The number of rotatable bonds is 5. The number of nitrogens with zero attached hydrogens (tertiary/aromatic N) is 1. The molecule has 0 fully saturated rings. The smallest absolute Gasteiger partial charge is 0.248 e. The van der Waals surface area contributed by atoms with Crippen LogP contribution in [-0.2, 0) is 19.4 Å². The van der Waals surface area contributed by atoms with Gasteiger partial charge in [-0.1, -0.05) is 12.1 Å². The van der Waals surface area contributed by atoms with Crippen LogP contribution in [0.2, 0.25) is 0 Å². The highest BCUT2D eigenvalue weighted by atomic mass is 32.2. The van der Waals surface area contributed by atoms with E-state index in [9.17, 15) is 13.2 Å². The van der Waals surface area contributed by atoms with Crippen LogP contribution >= 0.6 is 12.6 Å². The summed E-state index contributed by atoms with van der Waals surface area (Å²) in [7, 11) is -1.73. The maximum absolute atomic E-state index is 11.7. The molecular formula is C14H18N2O4S2. The largest absolute Gasteiger partial charge is 0.383 e. The normalized spacial score (nSPS) is 18.9. The van der Waals surface area contributed by atoms with Crippen molar-refractivity contribution in [2.45, 2.75) is 10.4 Å². The highest BCUT2D eigenvalue weighted by Gasteiger charge is 2.25. The zero-order valence-electron chi connectivity index (χ0n) is 12.3. The minimum Gasteiger partial charge on any atom is -0.383 e. The molecule has 0 radical (unpaired) electrons. The molecule has 1 aromatic carbocycles. The second-order valence-corrected chi connectivity index (χ2v) is 7.40. The van der Waals surface area contributed by atoms with Crippen molar-refractivity contribution in [2.75, 3.05) is 26.5 Å². The number of hydrogen-bond acceptors (Lipinski definition) is 6. The van der Waals surface area contributed by atoms with Crippen LogP contribution in [0.4, 0.5) is 0 Å². The van der Waals surface area contributed by atoms with Crippen molar-refractivity contribution in [1.29, 1.82) is 0 Å². The molecular weight excluding hydrogens is 324 g/mol. The molecule has 1 amide bonds. The molecule has 1 atom stereocenters. The lowest BCUT2D eigenvalue weighted by atomic mass is 10.1. The van der Waals surface area contributed by atoms with E-state index in [1.807, 2.05) is 4.90 Å². The molecule has 1 unspecified atom stereocenters. The lowest BCUT2D eigenvalue weighted by Gasteiger charge is -2.36. The van der Waals surface area contributed by atoms with Gasteiger partial charge in [-0.05, 0) is 17.7 Å². The number of thiol groups is 1. The Kier molecular flexibility index (Phi) is 5.15. The van der Waals surface area contributed by atoms with Crippen molar-refractivity contribution < 1.29 is 17.9 Å². The number of methoxy groups -OCH3 is 1. The zero-order chi connectivity index (χ0) is 16.3. The van der Waals surface area contributed by atoms with E-state index >= 15 is 0 Å². The molecule has 1 heterocycles. The molecule has 2 rings (SSSR count). The fourth-order valence-electron chi connectivity index (χ4n) is 2.15. The van der Waals surface area contributed by atoms with Crippen LogP contribution in [0.15, 0.2) is 35.2 Å². The summed E-state index contributed by atoms with van der Waals surface area (Å²) in [6, 6.07) is 6.50. The van der Waals surface area contributed by atoms with E-state index in [-0.39, 0.29) is 10.8 Å². The first-order valence-electron chi connectivity index (χ1n) is 6.59. The predicted octanol–water partition coefficient (Wildman–Crippen LogP) is 0.723. The Hall–Kier alpha value is -1.51. The van der Waals surface area contributed by atoms with E-state index < -0.39 is 15.3 Å². The van der Waals surface area contributed by atoms with Crippen molar-refractivity contribution in [2.24, 2.45) is 0 Å². The zero-order valence-corrected chi connectivity index (χ0v) is 14.0. The summed E-state index contributed by atoms with van der Waals surface area (Å²) in [6.07, 6.45) is 2.59. The van der Waals surface area contributed by atoms with E-state index in [2.05, 4.69) is 17.9 Å². The number of carbonyl (C=O) groups excluding carboxylic acids is 1. The second kappa shape index (κ2) is 6.72. The summed E-state index contributed by atoms with van der Waals surface area (Å²) in [4.78, 5) is 13.8. The molecule has 1 aliphatic heterocycles. The standard InChI is InChI=1S/C14H18N2O4S2/c1-20-7-6-16-12(9-13(17)15-14(16)21)10-4-3-5-11(8-10)22(2,18)19/h3-5,8-9,14,21H,6-7H2,1-2H3,(H,15,17). The van der Waals surface area contributed by atoms with Crippen LogP contribution in [0.25, 0.3) is 5.70 Å². The first kappa shape index (κ1) is 16.9. The SMILES string of the molecule is COCCN1C(c2cccc(S(C)(=O)=O)c2)=CC(=O)NC1S. The van der Waals surface area contributed by atoms with Crippen LogP contribution in [0.3, 0.4) is 0 Å². The lowest BCUT2D eigenvalue weighted by molar-refractivity contribution is -0.117. The fourth-order valence-corrected chi connectivity index (χ4v) is 3.19. The van der Waals surface area contributed by atoms with Gasteiger partial charge in [0.05, 0.1) is 17.2 Å². The van der Waals surface area contributed by atoms with Gasteiger partial charge in [-0.3, -0.25) is 4.79 Å². The summed E-state index contributed by atoms with van der Waals surface area (Å²) in [5.74, 6) is -0.270. The maximum Gasteiger partial charge on any atom is 0.248 e. The van der Waals surface area contributed by atoms with Crippen LogP contribution in [0.1, 0.15) is 5.56 Å². The highest BCUT2D eigenvalue weighted by molar-refractivity contribution is 7.90. The molecule has 1 aliphatic rings. The monoisotopic (exact) mass is 342 g/mol. The average molecular weight is 342 g/mol. The van der Waals surface area contributed by atoms with E-state index in [0.29, 0.717) is 24.4 Å². The molecule has 120 valence electrons. The Balaban J connectivity index is 2.44. The Morgan fingerprint density at radius 3 is 2.77 bits per heavy atom. The highest BCUT2D eigenvalue weighted by Crippen LogP contribution is 2.26. The first-order chi connectivity index (χ1) is 10.3. The molecule has 1 aromatic rings. The van der Waals surface area contributed by atoms with Crippen molar-refractivity contribution in [3.8, 4) is 0 Å². The van der Waals surface area contributed by atoms with Crippen LogP contribution in [-0.4, -0.2) is 51.2 Å². The topological polar surface area (TPSA) is 75.7 Å². The van der Waals surface area contributed by atoms with Gasteiger partial charge in [-0.2, -0.15) is 0 Å². The fraction of sp³-hybridized carbons (Fsp3) is 0.357. The number of ether oxygens (including phenoxy) is 1. The van der Waals surface area contributed by atoms with Crippen LogP contribution in [0.5, 0.6) is 0 Å². The molecule has 0 saturated heterocycles. The number of amides is 1. The Labute approximate surface area is 135 Å². The van der Waals surface area contributed by atoms with Gasteiger partial charge in [-0.15, -0.1) is 12.6 Å². The molecule has 22 heavy (non-hydrogen) atoms. The minimum absolute atomic E-state index is 0.208. The summed E-state index contributed by atoms with van der Waals surface area (Å²) >= 11 is 4.36. The van der Waals surface area contributed by atoms with Crippen molar-refractivity contribution in [3.63, 3.8) is 0 Å². The van der Waals surface area contributed by atoms with E-state index in [4.69, 9.17) is 4.74 Å². The molecule has 1 N–H and O–H groups in total. The van der Waals surface area contributed by atoms with Gasteiger partial charge in [0.15, 0.2) is 9.84 Å². The Bertz CT molecular complexity index is 701. The van der Waals surface area contributed by atoms with Gasteiger partial charge < -0.3 is 15.0 Å². The Morgan fingerprint density at radius 2 is 2.14 bits per heavy atom. The van der Waals surface area contributed by atoms with Gasteiger partial charge >= 0.3 is 0 Å². The lowest BCUT2D eigenvalue weighted by Crippen LogP contribution is -2.48. The van der Waals surface area contributed by atoms with Crippen LogP contribution < -0.4 is 5.32 Å². The van der Waals surface area contributed by atoms with Gasteiger partial charge in [0, 0.05) is 26.0 Å². The van der Waals surface area contributed by atoms with E-state index in [1.165, 1.54) is 12.1 Å². The minimum atomic E-state index is -3.32. The summed E-state index contributed by atoms with van der Waals surface area (Å²) in [6.45, 7) is 0.968. The third kappa shape index (κ3) is 3.82. The van der Waals surface area contributed by atoms with Gasteiger partial charge in [0.1, 0.15) is 5.50 Å². The summed E-state index contributed by atoms with van der Waals surface area (Å²) in [5, 5.41) is 2.68. The predicted molar refractivity (Wildman–Crippen MR) is 87.0 cm³/mol. The quantitative estimate of drug-likeness (QED) is 0.772. The van der Waals surface area contributed by atoms with E-state index in [0.717, 1.165) is 6.26 Å². The molecule has 0 aliphatic carbocycles. The number of carbonyl (C=O) groups is 1. The molecule has 0 saturated carbocycles. The number of benzene rings is 1. The average Bonchev–Trinajstić information content (AvgIpc) is 2.45. The number of sulfone groups is 1. The number of hydrogen-bond donors (Lipinski definition) is 2. The third-order valence-electron chi connectivity index (χ3n) is 3.24. The number of nitrogens with one attached hydrogen (secondary N) is 1. The van der Waals surface area contributed by atoms with Crippen molar-refractivity contribution in [3.05, 3.63) is 35.9 Å². The van der Waals surface area contributed by atoms with Crippen molar-refractivity contribution >= 4 is 34.1 Å². The maximum atomic E-state index is 11.7.